The van der Waals surface area contributed by atoms with E-state index < -0.39 is 6.04 Å². The minimum absolute atomic E-state index is 0.127. The fourth-order valence-corrected chi connectivity index (χ4v) is 4.06. The van der Waals surface area contributed by atoms with E-state index in [1.54, 1.807) is 7.05 Å². The maximum absolute atomic E-state index is 12.8. The Morgan fingerprint density at radius 3 is 2.39 bits per heavy atom. The number of carbonyl (C=O) groups excluding carboxylic acids is 3. The number of aldehydes is 1. The highest BCUT2D eigenvalue weighted by molar-refractivity contribution is 6.05. The molecule has 1 aromatic carbocycles. The SMILES string of the molecule is CC(C)(C)C(C=O)NC(=O)c1nn(CC2CCCCC2)c2ccccc12.CCCC(=O)NC. The van der Waals surface area contributed by atoms with Crippen LogP contribution in [0.25, 0.3) is 10.9 Å². The standard InChI is InChI=1S/C21H29N3O2.C5H11NO/c1-21(2,3)18(14-25)22-20(26)19-16-11-7-8-12-17(16)24(23-19)13-15-9-5-4-6-10-15;1-3-4-5(7)6-2/h7-8,11-12,14-15,18H,4-6,9-10,13H2,1-3H3,(H,22,26);3-4H2,1-2H3,(H,6,7). The monoisotopic (exact) mass is 456 g/mol. The number of nitrogens with one attached hydrogen (secondary N) is 2. The fourth-order valence-electron chi connectivity index (χ4n) is 4.06. The Hall–Kier alpha value is -2.70. The second kappa shape index (κ2) is 12.5. The van der Waals surface area contributed by atoms with E-state index in [0.29, 0.717) is 18.0 Å². The number of hydrogen-bond acceptors (Lipinski definition) is 4. The predicted octanol–water partition coefficient (Wildman–Crippen LogP) is 4.49. The number of nitrogens with zero attached hydrogens (tertiary/aromatic N) is 2. The van der Waals surface area contributed by atoms with Gasteiger partial charge in [0, 0.05) is 25.4 Å². The Morgan fingerprint density at radius 1 is 1.18 bits per heavy atom. The van der Waals surface area contributed by atoms with Crippen molar-refractivity contribution in [1.29, 1.82) is 0 Å². The molecule has 1 atom stereocenters. The van der Waals surface area contributed by atoms with E-state index in [4.69, 9.17) is 0 Å². The van der Waals surface area contributed by atoms with E-state index in [2.05, 4.69) is 15.7 Å². The van der Waals surface area contributed by atoms with Crippen LogP contribution in [0.4, 0.5) is 0 Å². The largest absolute Gasteiger partial charge is 0.359 e. The number of fused-ring (bicyclic) bond motifs is 1. The highest BCUT2D eigenvalue weighted by atomic mass is 16.2. The Balaban J connectivity index is 0.000000479. The summed E-state index contributed by atoms with van der Waals surface area (Å²) in [6, 6.07) is 7.31. The maximum Gasteiger partial charge on any atom is 0.273 e. The first-order valence-electron chi connectivity index (χ1n) is 12.1. The molecule has 0 bridgehead atoms. The Bertz CT molecular complexity index is 923. The molecule has 7 nitrogen and oxygen atoms in total. The quantitative estimate of drug-likeness (QED) is 0.600. The molecule has 1 saturated carbocycles. The van der Waals surface area contributed by atoms with Gasteiger partial charge in [0.15, 0.2) is 5.69 Å². The van der Waals surface area contributed by atoms with Gasteiger partial charge >= 0.3 is 0 Å². The molecule has 0 radical (unpaired) electrons. The van der Waals surface area contributed by atoms with Gasteiger partial charge in [-0.05, 0) is 36.7 Å². The molecule has 2 aromatic rings. The van der Waals surface area contributed by atoms with Crippen molar-refractivity contribution in [3.05, 3.63) is 30.0 Å². The minimum Gasteiger partial charge on any atom is -0.359 e. The van der Waals surface area contributed by atoms with Crippen molar-refractivity contribution in [1.82, 2.24) is 20.4 Å². The average Bonchev–Trinajstić information content (AvgIpc) is 3.16. The number of para-hydroxylation sites is 1. The molecule has 3 rings (SSSR count). The summed E-state index contributed by atoms with van der Waals surface area (Å²) in [6.45, 7) is 8.64. The summed E-state index contributed by atoms with van der Waals surface area (Å²) < 4.78 is 1.98. The summed E-state index contributed by atoms with van der Waals surface area (Å²) in [5.74, 6) is 0.471. The van der Waals surface area contributed by atoms with E-state index in [0.717, 1.165) is 30.2 Å². The van der Waals surface area contributed by atoms with Crippen molar-refractivity contribution in [3.63, 3.8) is 0 Å². The first kappa shape index (κ1) is 26.6. The molecule has 1 aromatic heterocycles. The molecule has 1 fully saturated rings. The number of carbonyl (C=O) groups is 3. The lowest BCUT2D eigenvalue weighted by atomic mass is 9.87. The van der Waals surface area contributed by atoms with E-state index in [1.165, 1.54) is 32.1 Å². The fraction of sp³-hybridized carbons (Fsp3) is 0.615. The molecule has 1 unspecified atom stereocenters. The smallest absolute Gasteiger partial charge is 0.273 e. The van der Waals surface area contributed by atoms with Crippen molar-refractivity contribution in [2.45, 2.75) is 85.2 Å². The molecule has 33 heavy (non-hydrogen) atoms. The first-order valence-corrected chi connectivity index (χ1v) is 12.1. The van der Waals surface area contributed by atoms with Crippen LogP contribution < -0.4 is 10.6 Å². The van der Waals surface area contributed by atoms with Crippen molar-refractivity contribution in [2.75, 3.05) is 7.05 Å². The number of aromatic nitrogens is 2. The van der Waals surface area contributed by atoms with Crippen molar-refractivity contribution < 1.29 is 14.4 Å². The molecule has 0 aliphatic heterocycles. The highest BCUT2D eigenvalue weighted by Crippen LogP contribution is 2.27. The first-order chi connectivity index (χ1) is 15.7. The number of hydrogen-bond donors (Lipinski definition) is 2. The van der Waals surface area contributed by atoms with E-state index >= 15 is 0 Å². The average molecular weight is 457 g/mol. The third-order valence-electron chi connectivity index (χ3n) is 6.14. The van der Waals surface area contributed by atoms with Crippen LogP contribution >= 0.6 is 0 Å². The van der Waals surface area contributed by atoms with Crippen LogP contribution in [0, 0.1) is 11.3 Å². The number of amides is 2. The normalized spacial score (nSPS) is 15.3. The van der Waals surface area contributed by atoms with Crippen LogP contribution in [0.3, 0.4) is 0 Å². The summed E-state index contributed by atoms with van der Waals surface area (Å²) in [4.78, 5) is 34.5. The van der Waals surface area contributed by atoms with Gasteiger partial charge < -0.3 is 15.4 Å². The Labute approximate surface area is 197 Å². The summed E-state index contributed by atoms with van der Waals surface area (Å²) in [7, 11) is 1.65. The maximum atomic E-state index is 12.8. The summed E-state index contributed by atoms with van der Waals surface area (Å²) in [6.07, 6.45) is 8.73. The van der Waals surface area contributed by atoms with Gasteiger partial charge in [-0.25, -0.2) is 0 Å². The lowest BCUT2D eigenvalue weighted by molar-refractivity contribution is -0.120. The van der Waals surface area contributed by atoms with Crippen molar-refractivity contribution >= 4 is 29.0 Å². The molecule has 2 amide bonds. The van der Waals surface area contributed by atoms with Crippen LogP contribution in [0.1, 0.15) is 83.1 Å². The van der Waals surface area contributed by atoms with Crippen LogP contribution in [0.5, 0.6) is 0 Å². The van der Waals surface area contributed by atoms with Gasteiger partial charge in [0.2, 0.25) is 5.91 Å². The van der Waals surface area contributed by atoms with Gasteiger partial charge in [0.05, 0.1) is 11.6 Å². The highest BCUT2D eigenvalue weighted by Gasteiger charge is 2.28. The molecular formula is C26H40N4O3. The summed E-state index contributed by atoms with van der Waals surface area (Å²) in [5.41, 5.74) is 1.06. The molecule has 0 saturated heterocycles. The zero-order valence-electron chi connectivity index (χ0n) is 20.8. The lowest BCUT2D eigenvalue weighted by Gasteiger charge is -2.26. The topological polar surface area (TPSA) is 93.1 Å². The predicted molar refractivity (Wildman–Crippen MR) is 132 cm³/mol. The Kier molecular flexibility index (Phi) is 10.1. The molecule has 2 N–H and O–H groups in total. The van der Waals surface area contributed by atoms with E-state index in [9.17, 15) is 14.4 Å². The van der Waals surface area contributed by atoms with Gasteiger partial charge in [-0.3, -0.25) is 14.3 Å². The van der Waals surface area contributed by atoms with Crippen LogP contribution in [0.15, 0.2) is 24.3 Å². The molecule has 0 spiro atoms. The zero-order chi connectivity index (χ0) is 24.4. The molecule has 182 valence electrons. The molecular weight excluding hydrogens is 416 g/mol. The number of rotatable bonds is 7. The molecule has 1 aliphatic carbocycles. The van der Waals surface area contributed by atoms with Crippen molar-refractivity contribution in [2.24, 2.45) is 11.3 Å². The number of benzene rings is 1. The van der Waals surface area contributed by atoms with Gasteiger partial charge in [0.25, 0.3) is 5.91 Å². The second-order valence-electron chi connectivity index (χ2n) is 9.93. The zero-order valence-corrected chi connectivity index (χ0v) is 20.8. The Morgan fingerprint density at radius 2 is 1.85 bits per heavy atom. The van der Waals surface area contributed by atoms with Crippen molar-refractivity contribution in [3.8, 4) is 0 Å². The third kappa shape index (κ3) is 7.69. The minimum atomic E-state index is -0.544. The van der Waals surface area contributed by atoms with Gasteiger partial charge in [-0.2, -0.15) is 5.10 Å². The summed E-state index contributed by atoms with van der Waals surface area (Å²) >= 11 is 0. The molecule has 1 aliphatic rings. The van der Waals surface area contributed by atoms with Crippen LogP contribution in [0.2, 0.25) is 0 Å². The third-order valence-corrected chi connectivity index (χ3v) is 6.14. The molecule has 7 heteroatoms. The van der Waals surface area contributed by atoms with Gasteiger partial charge in [0.1, 0.15) is 6.29 Å². The van der Waals surface area contributed by atoms with E-state index in [1.807, 2.05) is 56.6 Å². The van der Waals surface area contributed by atoms with Crippen LogP contribution in [-0.2, 0) is 16.1 Å². The van der Waals surface area contributed by atoms with E-state index in [-0.39, 0.29) is 17.2 Å². The molecule has 1 heterocycles. The second-order valence-corrected chi connectivity index (χ2v) is 9.93. The van der Waals surface area contributed by atoms with Gasteiger partial charge in [-0.15, -0.1) is 0 Å². The summed E-state index contributed by atoms with van der Waals surface area (Å²) in [5, 5.41) is 10.9. The van der Waals surface area contributed by atoms with Gasteiger partial charge in [-0.1, -0.05) is 65.2 Å². The lowest BCUT2D eigenvalue weighted by Crippen LogP contribution is -2.45. The van der Waals surface area contributed by atoms with Crippen LogP contribution in [-0.4, -0.2) is 41.0 Å².